The van der Waals surface area contributed by atoms with E-state index in [0.717, 1.165) is 24.2 Å². The first kappa shape index (κ1) is 9.85. The summed E-state index contributed by atoms with van der Waals surface area (Å²) in [4.78, 5) is 4.61. The molecular weight excluding hydrogens is 264 g/mol. The summed E-state index contributed by atoms with van der Waals surface area (Å²) in [6.45, 7) is 0. The highest BCUT2D eigenvalue weighted by molar-refractivity contribution is 9.11. The Labute approximate surface area is 102 Å². The number of imidazole rings is 1. The first-order valence-corrected chi connectivity index (χ1v) is 6.11. The van der Waals surface area contributed by atoms with Gasteiger partial charge in [-0.15, -0.1) is 0 Å². The van der Waals surface area contributed by atoms with Gasteiger partial charge in [-0.1, -0.05) is 34.1 Å². The fourth-order valence-corrected chi connectivity index (χ4v) is 2.25. The van der Waals surface area contributed by atoms with Gasteiger partial charge in [0.05, 0.1) is 5.69 Å². The van der Waals surface area contributed by atoms with Gasteiger partial charge in [0.25, 0.3) is 0 Å². The Balaban J connectivity index is 2.07. The molecule has 0 amide bonds. The first-order valence-electron chi connectivity index (χ1n) is 5.32. The van der Waals surface area contributed by atoms with Crippen LogP contribution in [0.25, 0.3) is 11.2 Å². The van der Waals surface area contributed by atoms with Crippen molar-refractivity contribution in [1.82, 2.24) is 9.38 Å². The number of halogens is 1. The number of aromatic nitrogens is 2. The molecule has 2 heterocycles. The Morgan fingerprint density at radius 2 is 2.12 bits per heavy atom. The molecule has 0 bridgehead atoms. The van der Waals surface area contributed by atoms with Crippen molar-refractivity contribution in [1.29, 1.82) is 0 Å². The van der Waals surface area contributed by atoms with Gasteiger partial charge in [-0.25, -0.2) is 4.98 Å². The van der Waals surface area contributed by atoms with Crippen LogP contribution in [0.3, 0.4) is 0 Å². The van der Waals surface area contributed by atoms with Crippen molar-refractivity contribution in [3.8, 4) is 0 Å². The summed E-state index contributed by atoms with van der Waals surface area (Å²) in [5.74, 6) is 0. The van der Waals surface area contributed by atoms with Gasteiger partial charge in [0, 0.05) is 12.4 Å². The predicted octanol–water partition coefficient (Wildman–Crippen LogP) is 3.79. The predicted molar refractivity (Wildman–Crippen MR) is 69.4 cm³/mol. The molecule has 0 unspecified atom stereocenters. The van der Waals surface area contributed by atoms with Crippen molar-refractivity contribution < 1.29 is 0 Å². The van der Waals surface area contributed by atoms with Crippen LogP contribution in [0.2, 0.25) is 0 Å². The van der Waals surface area contributed by atoms with E-state index in [1.807, 2.05) is 24.4 Å². The summed E-state index contributed by atoms with van der Waals surface area (Å²) in [5, 5.41) is 0. The Morgan fingerprint density at radius 3 is 2.88 bits per heavy atom. The maximum atomic E-state index is 4.61. The summed E-state index contributed by atoms with van der Waals surface area (Å²) in [6.07, 6.45) is 10.5. The molecule has 3 rings (SSSR count). The van der Waals surface area contributed by atoms with E-state index < -0.39 is 0 Å². The Bertz CT molecular complexity index is 560. The van der Waals surface area contributed by atoms with Crippen molar-refractivity contribution in [3.63, 3.8) is 0 Å². The largest absolute Gasteiger partial charge is 0.306 e. The lowest BCUT2D eigenvalue weighted by molar-refractivity contribution is 1.03. The van der Waals surface area contributed by atoms with E-state index in [2.05, 4.69) is 43.7 Å². The highest BCUT2D eigenvalue weighted by Gasteiger charge is 2.09. The topological polar surface area (TPSA) is 17.3 Å². The van der Waals surface area contributed by atoms with Gasteiger partial charge >= 0.3 is 0 Å². The Hall–Kier alpha value is -1.35. The average Bonchev–Trinajstić information content (AvgIpc) is 2.73. The fourth-order valence-electron chi connectivity index (χ4n) is 1.91. The summed E-state index contributed by atoms with van der Waals surface area (Å²) in [5.41, 5.74) is 3.40. The summed E-state index contributed by atoms with van der Waals surface area (Å²) in [6, 6.07) is 6.06. The number of pyridine rings is 1. The molecule has 0 N–H and O–H groups in total. The van der Waals surface area contributed by atoms with E-state index in [0.29, 0.717) is 0 Å². The van der Waals surface area contributed by atoms with Crippen LogP contribution in [-0.2, 0) is 0 Å². The minimum atomic E-state index is 1.01. The standard InChI is InChI=1S/C13H11BrN2/c14-11-6-4-10(5-7-11)12-9-16-8-2-1-3-13(16)15-12/h1-4,6,8-9H,5,7H2. The van der Waals surface area contributed by atoms with E-state index in [-0.39, 0.29) is 0 Å². The zero-order valence-corrected chi connectivity index (χ0v) is 10.3. The molecular formula is C13H11BrN2. The Kier molecular flexibility index (Phi) is 2.40. The number of allylic oxidation sites excluding steroid dienone is 4. The van der Waals surface area contributed by atoms with Gasteiger partial charge in [-0.05, 0) is 35.0 Å². The number of hydrogen-bond acceptors (Lipinski definition) is 1. The van der Waals surface area contributed by atoms with Crippen LogP contribution < -0.4 is 0 Å². The molecule has 3 heteroatoms. The molecule has 0 fully saturated rings. The second-order valence-electron chi connectivity index (χ2n) is 3.90. The van der Waals surface area contributed by atoms with Crippen LogP contribution >= 0.6 is 15.9 Å². The Morgan fingerprint density at radius 1 is 1.19 bits per heavy atom. The van der Waals surface area contributed by atoms with Crippen molar-refractivity contribution in [2.24, 2.45) is 0 Å². The molecule has 0 atom stereocenters. The average molecular weight is 275 g/mol. The molecule has 1 aliphatic rings. The molecule has 2 nitrogen and oxygen atoms in total. The van der Waals surface area contributed by atoms with Crippen molar-refractivity contribution >= 4 is 27.2 Å². The quantitative estimate of drug-likeness (QED) is 0.774. The van der Waals surface area contributed by atoms with E-state index in [1.54, 1.807) is 0 Å². The highest BCUT2D eigenvalue weighted by Crippen LogP contribution is 2.28. The SMILES string of the molecule is BrC1=CC=C(c2cn3ccccc3n2)CC1. The van der Waals surface area contributed by atoms with Crippen LogP contribution in [0.15, 0.2) is 47.2 Å². The van der Waals surface area contributed by atoms with Crippen LogP contribution in [0.4, 0.5) is 0 Å². The molecule has 80 valence electrons. The smallest absolute Gasteiger partial charge is 0.137 e. The van der Waals surface area contributed by atoms with E-state index in [4.69, 9.17) is 0 Å². The third kappa shape index (κ3) is 1.71. The van der Waals surface area contributed by atoms with Crippen LogP contribution in [-0.4, -0.2) is 9.38 Å². The van der Waals surface area contributed by atoms with Gasteiger partial charge in [-0.2, -0.15) is 0 Å². The second kappa shape index (κ2) is 3.91. The molecule has 0 aromatic carbocycles. The fraction of sp³-hybridized carbons (Fsp3) is 0.154. The van der Waals surface area contributed by atoms with Crippen LogP contribution in [0.1, 0.15) is 18.5 Å². The van der Waals surface area contributed by atoms with Crippen LogP contribution in [0, 0.1) is 0 Å². The maximum absolute atomic E-state index is 4.61. The van der Waals surface area contributed by atoms with E-state index in [1.165, 1.54) is 10.1 Å². The minimum absolute atomic E-state index is 1.01. The van der Waals surface area contributed by atoms with Gasteiger partial charge in [-0.3, -0.25) is 0 Å². The molecule has 0 radical (unpaired) electrons. The van der Waals surface area contributed by atoms with Crippen LogP contribution in [0.5, 0.6) is 0 Å². The lowest BCUT2D eigenvalue weighted by Gasteiger charge is -2.07. The number of rotatable bonds is 1. The van der Waals surface area contributed by atoms with Crippen molar-refractivity contribution in [3.05, 3.63) is 52.9 Å². The number of fused-ring (bicyclic) bond motifs is 1. The molecule has 2 aromatic heterocycles. The molecule has 1 aliphatic carbocycles. The number of nitrogens with zero attached hydrogens (tertiary/aromatic N) is 2. The molecule has 16 heavy (non-hydrogen) atoms. The summed E-state index contributed by atoms with van der Waals surface area (Å²) in [7, 11) is 0. The zero-order chi connectivity index (χ0) is 11.0. The maximum Gasteiger partial charge on any atom is 0.137 e. The van der Waals surface area contributed by atoms with Gasteiger partial charge in [0.15, 0.2) is 0 Å². The molecule has 2 aromatic rings. The lowest BCUT2D eigenvalue weighted by atomic mass is 10.0. The minimum Gasteiger partial charge on any atom is -0.306 e. The first-order chi connectivity index (χ1) is 7.83. The molecule has 0 saturated heterocycles. The van der Waals surface area contributed by atoms with Gasteiger partial charge < -0.3 is 4.40 Å². The third-order valence-corrected chi connectivity index (χ3v) is 3.45. The van der Waals surface area contributed by atoms with Crippen molar-refractivity contribution in [2.75, 3.05) is 0 Å². The van der Waals surface area contributed by atoms with Gasteiger partial charge in [0.2, 0.25) is 0 Å². The van der Waals surface area contributed by atoms with E-state index in [9.17, 15) is 0 Å². The summed E-state index contributed by atoms with van der Waals surface area (Å²) >= 11 is 3.51. The monoisotopic (exact) mass is 274 g/mol. The zero-order valence-electron chi connectivity index (χ0n) is 8.73. The summed E-state index contributed by atoms with van der Waals surface area (Å²) < 4.78 is 3.32. The molecule has 0 saturated carbocycles. The second-order valence-corrected chi connectivity index (χ2v) is 4.92. The third-order valence-electron chi connectivity index (χ3n) is 2.79. The van der Waals surface area contributed by atoms with Crippen molar-refractivity contribution in [2.45, 2.75) is 12.8 Å². The van der Waals surface area contributed by atoms with Gasteiger partial charge in [0.1, 0.15) is 5.65 Å². The normalized spacial score (nSPS) is 16.1. The molecule has 0 spiro atoms. The molecule has 0 aliphatic heterocycles. The number of hydrogen-bond donors (Lipinski definition) is 0. The highest BCUT2D eigenvalue weighted by atomic mass is 79.9. The van der Waals surface area contributed by atoms with E-state index >= 15 is 0 Å². The lowest BCUT2D eigenvalue weighted by Crippen LogP contribution is -1.89.